The van der Waals surface area contributed by atoms with E-state index in [-0.39, 0.29) is 0 Å². The molecule has 1 aromatic carbocycles. The minimum atomic E-state index is 0.299. The molecule has 0 fully saturated rings. The van der Waals surface area contributed by atoms with Gasteiger partial charge in [-0.15, -0.1) is 11.3 Å². The monoisotopic (exact) mass is 275 g/mol. The molecule has 3 heteroatoms. The number of ether oxygens (including phenoxy) is 1. The van der Waals surface area contributed by atoms with Crippen molar-refractivity contribution in [3.8, 4) is 5.75 Å². The van der Waals surface area contributed by atoms with Gasteiger partial charge in [-0.1, -0.05) is 12.1 Å². The molecule has 1 N–H and O–H groups in total. The number of benzene rings is 1. The second-order valence-electron chi connectivity index (χ2n) is 4.84. The summed E-state index contributed by atoms with van der Waals surface area (Å²) in [5.74, 6) is 0.908. The number of hydrogen-bond acceptors (Lipinski definition) is 3. The summed E-state index contributed by atoms with van der Waals surface area (Å²) in [6, 6.07) is 13.3. The molecule has 1 heterocycles. The first kappa shape index (κ1) is 14.1. The van der Waals surface area contributed by atoms with Crippen molar-refractivity contribution in [2.24, 2.45) is 0 Å². The summed E-state index contributed by atoms with van der Waals surface area (Å²) in [6.07, 6.45) is 0. The first-order chi connectivity index (χ1) is 9.10. The predicted octanol–water partition coefficient (Wildman–Crippen LogP) is 4.48. The Bertz CT molecular complexity index is 535. The molecule has 0 aliphatic heterocycles. The predicted molar refractivity (Wildman–Crippen MR) is 82.0 cm³/mol. The highest BCUT2D eigenvalue weighted by Gasteiger charge is 2.12. The van der Waals surface area contributed by atoms with Gasteiger partial charge in [-0.05, 0) is 50.6 Å². The molecule has 2 unspecified atom stereocenters. The number of nitrogens with one attached hydrogen (secondary N) is 1. The highest BCUT2D eigenvalue weighted by atomic mass is 32.1. The molecule has 0 aliphatic rings. The van der Waals surface area contributed by atoms with Crippen molar-refractivity contribution in [2.45, 2.75) is 32.9 Å². The van der Waals surface area contributed by atoms with E-state index < -0.39 is 0 Å². The number of rotatable bonds is 5. The van der Waals surface area contributed by atoms with Crippen molar-refractivity contribution in [2.75, 3.05) is 7.11 Å². The highest BCUT2D eigenvalue weighted by molar-refractivity contribution is 7.12. The zero-order valence-corrected chi connectivity index (χ0v) is 12.8. The van der Waals surface area contributed by atoms with Crippen LogP contribution >= 0.6 is 11.3 Å². The molecular weight excluding hydrogens is 254 g/mol. The molecular formula is C16H21NOS. The van der Waals surface area contributed by atoms with Crippen LogP contribution in [0.15, 0.2) is 36.4 Å². The molecule has 0 saturated heterocycles. The Kier molecular flexibility index (Phi) is 4.61. The molecule has 19 heavy (non-hydrogen) atoms. The zero-order valence-electron chi connectivity index (χ0n) is 11.9. The number of aryl methyl sites for hydroxylation is 1. The van der Waals surface area contributed by atoms with Gasteiger partial charge in [-0.2, -0.15) is 0 Å². The average molecular weight is 275 g/mol. The normalized spacial score (nSPS) is 14.1. The van der Waals surface area contributed by atoms with E-state index in [0.29, 0.717) is 12.1 Å². The smallest absolute Gasteiger partial charge is 0.119 e. The van der Waals surface area contributed by atoms with E-state index in [1.165, 1.54) is 15.3 Å². The largest absolute Gasteiger partial charge is 0.497 e. The van der Waals surface area contributed by atoms with Crippen LogP contribution in [-0.4, -0.2) is 7.11 Å². The van der Waals surface area contributed by atoms with E-state index in [1.807, 2.05) is 23.5 Å². The van der Waals surface area contributed by atoms with Crippen molar-refractivity contribution < 1.29 is 4.74 Å². The summed E-state index contributed by atoms with van der Waals surface area (Å²) < 4.78 is 5.27. The Morgan fingerprint density at radius 1 is 1.11 bits per heavy atom. The molecule has 2 atom stereocenters. The van der Waals surface area contributed by atoms with Crippen LogP contribution in [0.1, 0.15) is 41.2 Å². The lowest BCUT2D eigenvalue weighted by Gasteiger charge is -2.20. The highest BCUT2D eigenvalue weighted by Crippen LogP contribution is 2.26. The van der Waals surface area contributed by atoms with E-state index in [2.05, 4.69) is 50.4 Å². The van der Waals surface area contributed by atoms with Crippen molar-refractivity contribution >= 4 is 11.3 Å². The first-order valence-electron chi connectivity index (χ1n) is 6.56. The van der Waals surface area contributed by atoms with Gasteiger partial charge in [0.15, 0.2) is 0 Å². The molecule has 0 spiro atoms. The van der Waals surface area contributed by atoms with Gasteiger partial charge in [0.1, 0.15) is 5.75 Å². The van der Waals surface area contributed by atoms with Gasteiger partial charge in [-0.25, -0.2) is 0 Å². The first-order valence-corrected chi connectivity index (χ1v) is 7.38. The van der Waals surface area contributed by atoms with Crippen LogP contribution in [0, 0.1) is 6.92 Å². The van der Waals surface area contributed by atoms with Gasteiger partial charge in [0.2, 0.25) is 0 Å². The number of hydrogen-bond donors (Lipinski definition) is 1. The van der Waals surface area contributed by atoms with Crippen LogP contribution in [0.5, 0.6) is 5.75 Å². The van der Waals surface area contributed by atoms with E-state index in [1.54, 1.807) is 7.11 Å². The summed E-state index contributed by atoms with van der Waals surface area (Å²) in [5.41, 5.74) is 1.25. The van der Waals surface area contributed by atoms with Gasteiger partial charge in [0.25, 0.3) is 0 Å². The molecule has 1 aromatic heterocycles. The molecule has 0 saturated carbocycles. The van der Waals surface area contributed by atoms with Crippen LogP contribution in [0.4, 0.5) is 0 Å². The molecule has 0 aliphatic carbocycles. The van der Waals surface area contributed by atoms with Crippen LogP contribution in [0.25, 0.3) is 0 Å². The Hall–Kier alpha value is -1.32. The second-order valence-corrected chi connectivity index (χ2v) is 6.15. The maximum Gasteiger partial charge on any atom is 0.119 e. The lowest BCUT2D eigenvalue weighted by atomic mass is 10.1. The standard InChI is InChI=1S/C16H21NOS/c1-11-8-9-16(19-11)13(3)17-12(2)14-6-5-7-15(10-14)18-4/h5-10,12-13,17H,1-4H3. The third kappa shape index (κ3) is 3.58. The third-order valence-electron chi connectivity index (χ3n) is 3.28. The van der Waals surface area contributed by atoms with E-state index in [9.17, 15) is 0 Å². The SMILES string of the molecule is COc1cccc(C(C)NC(C)c2ccc(C)s2)c1. The van der Waals surface area contributed by atoms with Crippen molar-refractivity contribution in [1.82, 2.24) is 5.32 Å². The van der Waals surface area contributed by atoms with Gasteiger partial charge in [0, 0.05) is 21.8 Å². The molecule has 2 aromatic rings. The quantitative estimate of drug-likeness (QED) is 0.869. The lowest BCUT2D eigenvalue weighted by molar-refractivity contribution is 0.412. The van der Waals surface area contributed by atoms with Crippen LogP contribution in [0.2, 0.25) is 0 Å². The topological polar surface area (TPSA) is 21.3 Å². The Balaban J connectivity index is 2.05. The average Bonchev–Trinajstić information content (AvgIpc) is 2.85. The van der Waals surface area contributed by atoms with Crippen molar-refractivity contribution in [3.05, 3.63) is 51.7 Å². The van der Waals surface area contributed by atoms with Gasteiger partial charge >= 0.3 is 0 Å². The van der Waals surface area contributed by atoms with Crippen LogP contribution in [0.3, 0.4) is 0 Å². The maximum absolute atomic E-state index is 5.27. The zero-order chi connectivity index (χ0) is 13.8. The molecule has 2 nitrogen and oxygen atoms in total. The van der Waals surface area contributed by atoms with Crippen LogP contribution < -0.4 is 10.1 Å². The van der Waals surface area contributed by atoms with E-state index >= 15 is 0 Å². The lowest BCUT2D eigenvalue weighted by Crippen LogP contribution is -2.21. The number of thiophene rings is 1. The van der Waals surface area contributed by atoms with E-state index in [0.717, 1.165) is 5.75 Å². The molecule has 2 rings (SSSR count). The van der Waals surface area contributed by atoms with Crippen molar-refractivity contribution in [1.29, 1.82) is 0 Å². The summed E-state index contributed by atoms with van der Waals surface area (Å²) in [7, 11) is 1.70. The summed E-state index contributed by atoms with van der Waals surface area (Å²) in [6.45, 7) is 6.54. The minimum Gasteiger partial charge on any atom is -0.497 e. The van der Waals surface area contributed by atoms with Gasteiger partial charge in [-0.3, -0.25) is 0 Å². The fourth-order valence-electron chi connectivity index (χ4n) is 2.15. The number of methoxy groups -OCH3 is 1. The third-order valence-corrected chi connectivity index (χ3v) is 4.47. The fourth-order valence-corrected chi connectivity index (χ4v) is 3.04. The maximum atomic E-state index is 5.27. The fraction of sp³-hybridized carbons (Fsp3) is 0.375. The molecule has 0 amide bonds. The molecule has 0 bridgehead atoms. The second kappa shape index (κ2) is 6.22. The molecule has 0 radical (unpaired) electrons. The van der Waals surface area contributed by atoms with Gasteiger partial charge < -0.3 is 10.1 Å². The van der Waals surface area contributed by atoms with Crippen LogP contribution in [-0.2, 0) is 0 Å². The Morgan fingerprint density at radius 2 is 1.89 bits per heavy atom. The summed E-state index contributed by atoms with van der Waals surface area (Å²) in [5, 5.41) is 3.63. The van der Waals surface area contributed by atoms with Crippen molar-refractivity contribution in [3.63, 3.8) is 0 Å². The van der Waals surface area contributed by atoms with Gasteiger partial charge in [0.05, 0.1) is 7.11 Å². The summed E-state index contributed by atoms with van der Waals surface area (Å²) in [4.78, 5) is 2.74. The summed E-state index contributed by atoms with van der Waals surface area (Å²) >= 11 is 1.85. The minimum absolute atomic E-state index is 0.299. The molecule has 102 valence electrons. The Morgan fingerprint density at radius 3 is 2.53 bits per heavy atom. The Labute approximate surface area is 119 Å². The van der Waals surface area contributed by atoms with E-state index in [4.69, 9.17) is 4.74 Å².